The molecular formula is C19H18N6OS. The van der Waals surface area contributed by atoms with E-state index in [0.717, 1.165) is 16.2 Å². The van der Waals surface area contributed by atoms with Crippen molar-refractivity contribution in [3.05, 3.63) is 64.6 Å². The van der Waals surface area contributed by atoms with Crippen molar-refractivity contribution in [2.45, 2.75) is 25.8 Å². The molecule has 0 spiro atoms. The number of amidine groups is 1. The monoisotopic (exact) mass is 378 g/mol. The summed E-state index contributed by atoms with van der Waals surface area (Å²) in [4.78, 5) is 26.3. The highest BCUT2D eigenvalue weighted by molar-refractivity contribution is 8.17. The van der Waals surface area contributed by atoms with E-state index in [2.05, 4.69) is 26.9 Å². The fourth-order valence-electron chi connectivity index (χ4n) is 2.97. The van der Waals surface area contributed by atoms with Crippen LogP contribution in [0.3, 0.4) is 0 Å². The number of nitrogens with zero attached hydrogens (tertiary/aromatic N) is 4. The maximum atomic E-state index is 12.4. The SMILES string of the molecule is C=C1C[C@@](C)(c2cc(NC(=O)c3ccc(C#N)cn3)cnc2C)N=C(N)S1. The fourth-order valence-corrected chi connectivity index (χ4v) is 3.86. The average molecular weight is 378 g/mol. The maximum absolute atomic E-state index is 12.4. The van der Waals surface area contributed by atoms with Gasteiger partial charge in [-0.3, -0.25) is 14.8 Å². The molecule has 3 rings (SSSR count). The Balaban J connectivity index is 1.89. The Hall–Kier alpha value is -3.18. The molecular weight excluding hydrogens is 360 g/mol. The number of hydrogen-bond acceptors (Lipinski definition) is 7. The van der Waals surface area contributed by atoms with E-state index >= 15 is 0 Å². The van der Waals surface area contributed by atoms with Crippen LogP contribution in [0, 0.1) is 18.3 Å². The molecule has 0 unspecified atom stereocenters. The first-order chi connectivity index (χ1) is 12.8. The molecule has 1 aliphatic heterocycles. The zero-order valence-corrected chi connectivity index (χ0v) is 15.8. The minimum Gasteiger partial charge on any atom is -0.378 e. The van der Waals surface area contributed by atoms with Crippen LogP contribution in [0.15, 0.2) is 47.1 Å². The maximum Gasteiger partial charge on any atom is 0.274 e. The van der Waals surface area contributed by atoms with Crippen molar-refractivity contribution in [1.82, 2.24) is 9.97 Å². The van der Waals surface area contributed by atoms with E-state index in [1.165, 1.54) is 24.0 Å². The summed E-state index contributed by atoms with van der Waals surface area (Å²) in [7, 11) is 0. The molecule has 7 nitrogen and oxygen atoms in total. The van der Waals surface area contributed by atoms with Crippen molar-refractivity contribution < 1.29 is 4.79 Å². The molecule has 0 saturated carbocycles. The van der Waals surface area contributed by atoms with Gasteiger partial charge in [-0.1, -0.05) is 18.3 Å². The predicted octanol–water partition coefficient (Wildman–Crippen LogP) is 3.09. The van der Waals surface area contributed by atoms with Gasteiger partial charge in [0, 0.05) is 23.9 Å². The quantitative estimate of drug-likeness (QED) is 0.847. The molecule has 1 amide bonds. The Morgan fingerprint density at radius 2 is 2.19 bits per heavy atom. The summed E-state index contributed by atoms with van der Waals surface area (Å²) in [6.45, 7) is 7.89. The molecule has 2 aromatic heterocycles. The lowest BCUT2D eigenvalue weighted by molar-refractivity contribution is 0.102. The van der Waals surface area contributed by atoms with Gasteiger partial charge in [0.2, 0.25) is 0 Å². The molecule has 1 atom stereocenters. The van der Waals surface area contributed by atoms with Crippen molar-refractivity contribution in [2.24, 2.45) is 10.7 Å². The first kappa shape index (κ1) is 18.6. The third kappa shape index (κ3) is 3.99. The number of hydrogen-bond donors (Lipinski definition) is 2. The van der Waals surface area contributed by atoms with Gasteiger partial charge >= 0.3 is 0 Å². The summed E-state index contributed by atoms with van der Waals surface area (Å²) in [6, 6.07) is 6.87. The molecule has 0 radical (unpaired) electrons. The van der Waals surface area contributed by atoms with Crippen LogP contribution in [0.2, 0.25) is 0 Å². The number of aliphatic imine (C=N–C) groups is 1. The second-order valence-electron chi connectivity index (χ2n) is 6.40. The molecule has 0 fully saturated rings. The molecule has 8 heteroatoms. The minimum atomic E-state index is -0.586. The third-order valence-corrected chi connectivity index (χ3v) is 4.93. The number of thioether (sulfide) groups is 1. The van der Waals surface area contributed by atoms with E-state index in [0.29, 0.717) is 22.8 Å². The van der Waals surface area contributed by atoms with Crippen LogP contribution >= 0.6 is 11.8 Å². The van der Waals surface area contributed by atoms with E-state index in [9.17, 15) is 4.79 Å². The van der Waals surface area contributed by atoms with Crippen LogP contribution in [0.5, 0.6) is 0 Å². The van der Waals surface area contributed by atoms with Crippen molar-refractivity contribution >= 4 is 28.5 Å². The summed E-state index contributed by atoms with van der Waals surface area (Å²) in [5.41, 5.74) is 8.17. The molecule has 2 aromatic rings. The summed E-state index contributed by atoms with van der Waals surface area (Å²) in [5, 5.41) is 12.1. The summed E-state index contributed by atoms with van der Waals surface area (Å²) < 4.78 is 0. The number of nitrogens with two attached hydrogens (primary N) is 1. The highest BCUT2D eigenvalue weighted by Crippen LogP contribution is 2.41. The van der Waals surface area contributed by atoms with E-state index in [-0.39, 0.29) is 11.6 Å². The Kier molecular flexibility index (Phi) is 4.97. The molecule has 27 heavy (non-hydrogen) atoms. The molecule has 1 aliphatic rings. The summed E-state index contributed by atoms with van der Waals surface area (Å²) in [5.74, 6) is -0.382. The largest absolute Gasteiger partial charge is 0.378 e. The number of nitriles is 1. The van der Waals surface area contributed by atoms with Crippen LogP contribution < -0.4 is 11.1 Å². The van der Waals surface area contributed by atoms with Crippen LogP contribution in [-0.4, -0.2) is 21.0 Å². The number of pyridine rings is 2. The number of amides is 1. The molecule has 136 valence electrons. The lowest BCUT2D eigenvalue weighted by Crippen LogP contribution is -2.29. The Morgan fingerprint density at radius 1 is 1.41 bits per heavy atom. The molecule has 0 aliphatic carbocycles. The lowest BCUT2D eigenvalue weighted by Gasteiger charge is -2.32. The molecule has 0 saturated heterocycles. The van der Waals surface area contributed by atoms with Crippen LogP contribution in [0.1, 0.15) is 40.7 Å². The van der Waals surface area contributed by atoms with E-state index in [4.69, 9.17) is 11.0 Å². The second kappa shape index (κ2) is 7.21. The van der Waals surface area contributed by atoms with Crippen LogP contribution in [0.25, 0.3) is 0 Å². The van der Waals surface area contributed by atoms with Gasteiger partial charge in [0.1, 0.15) is 11.8 Å². The van der Waals surface area contributed by atoms with Gasteiger partial charge in [0.05, 0.1) is 23.0 Å². The molecule has 3 heterocycles. The Bertz CT molecular complexity index is 992. The van der Waals surface area contributed by atoms with Gasteiger partial charge in [0.15, 0.2) is 5.17 Å². The Morgan fingerprint density at radius 3 is 2.81 bits per heavy atom. The smallest absolute Gasteiger partial charge is 0.274 e. The third-order valence-electron chi connectivity index (χ3n) is 4.20. The van der Waals surface area contributed by atoms with Crippen LogP contribution in [-0.2, 0) is 5.54 Å². The number of aryl methyl sites for hydroxylation is 1. The normalized spacial score (nSPS) is 19.1. The predicted molar refractivity (Wildman–Crippen MR) is 106 cm³/mol. The van der Waals surface area contributed by atoms with Crippen molar-refractivity contribution in [2.75, 3.05) is 5.32 Å². The molecule has 0 bridgehead atoms. The zero-order chi connectivity index (χ0) is 19.6. The van der Waals surface area contributed by atoms with Gasteiger partial charge < -0.3 is 11.1 Å². The first-order valence-corrected chi connectivity index (χ1v) is 8.98. The van der Waals surface area contributed by atoms with Gasteiger partial charge in [0.25, 0.3) is 5.91 Å². The fraction of sp³-hybridized carbons (Fsp3) is 0.211. The topological polar surface area (TPSA) is 117 Å². The van der Waals surface area contributed by atoms with E-state index < -0.39 is 5.54 Å². The number of carbonyl (C=O) groups excluding carboxylic acids is 1. The summed E-state index contributed by atoms with van der Waals surface area (Å²) >= 11 is 1.37. The minimum absolute atomic E-state index is 0.215. The highest BCUT2D eigenvalue weighted by Gasteiger charge is 2.33. The molecule has 0 aromatic carbocycles. The standard InChI is InChI=1S/C19H18N6OS/c1-11-7-19(3,25-18(21)27-11)15-6-14(10-22-12(15)2)24-17(26)16-5-4-13(8-20)9-23-16/h4-6,9-10H,1,7H2,2-3H3,(H2,21,25)(H,24,26)/t19-/m0/s1. The van der Waals surface area contributed by atoms with Gasteiger partial charge in [-0.05, 0) is 37.0 Å². The number of aromatic nitrogens is 2. The summed E-state index contributed by atoms with van der Waals surface area (Å²) in [6.07, 6.45) is 3.58. The van der Waals surface area contributed by atoms with Gasteiger partial charge in [-0.2, -0.15) is 5.26 Å². The van der Waals surface area contributed by atoms with Gasteiger partial charge in [-0.25, -0.2) is 4.98 Å². The highest BCUT2D eigenvalue weighted by atomic mass is 32.2. The van der Waals surface area contributed by atoms with E-state index in [1.807, 2.05) is 26.0 Å². The van der Waals surface area contributed by atoms with Gasteiger partial charge in [-0.15, -0.1) is 0 Å². The lowest BCUT2D eigenvalue weighted by atomic mass is 9.87. The van der Waals surface area contributed by atoms with Crippen molar-refractivity contribution in [3.8, 4) is 6.07 Å². The zero-order valence-electron chi connectivity index (χ0n) is 15.0. The number of rotatable bonds is 3. The number of nitrogens with one attached hydrogen (secondary N) is 1. The second-order valence-corrected chi connectivity index (χ2v) is 7.60. The first-order valence-electron chi connectivity index (χ1n) is 8.16. The van der Waals surface area contributed by atoms with Crippen molar-refractivity contribution in [3.63, 3.8) is 0 Å². The van der Waals surface area contributed by atoms with Crippen LogP contribution in [0.4, 0.5) is 5.69 Å². The average Bonchev–Trinajstić information content (AvgIpc) is 2.62. The van der Waals surface area contributed by atoms with E-state index in [1.54, 1.807) is 12.3 Å². The van der Waals surface area contributed by atoms with Crippen molar-refractivity contribution in [1.29, 1.82) is 5.26 Å². The number of anilines is 1. The molecule has 3 N–H and O–H groups in total. The Labute approximate surface area is 161 Å². The number of carbonyl (C=O) groups is 1.